The molecule has 166 valence electrons. The minimum absolute atomic E-state index is 0. The predicted octanol–water partition coefficient (Wildman–Crippen LogP) is 4.57. The maximum absolute atomic E-state index is 12.8. The molecule has 2 N–H and O–H groups in total. The first-order valence-electron chi connectivity index (χ1n) is 9.43. The summed E-state index contributed by atoms with van der Waals surface area (Å²) in [4.78, 5) is 4.17. The van der Waals surface area contributed by atoms with Crippen molar-refractivity contribution in [1.82, 2.24) is 10.6 Å². The van der Waals surface area contributed by atoms with Crippen molar-refractivity contribution in [1.29, 1.82) is 0 Å². The van der Waals surface area contributed by atoms with E-state index in [-0.39, 0.29) is 42.0 Å². The third kappa shape index (κ3) is 8.21. The monoisotopic (exact) mass is 535 g/mol. The first kappa shape index (κ1) is 25.7. The van der Waals surface area contributed by atoms with Crippen LogP contribution in [-0.4, -0.2) is 32.8 Å². The van der Waals surface area contributed by atoms with Gasteiger partial charge < -0.3 is 24.8 Å². The number of hydrogen-bond acceptors (Lipinski definition) is 4. The second-order valence-electron chi connectivity index (χ2n) is 5.92. The molecule has 6 nitrogen and oxygen atoms in total. The van der Waals surface area contributed by atoms with Gasteiger partial charge in [-0.15, -0.1) is 24.0 Å². The molecule has 0 aliphatic heterocycles. The minimum atomic E-state index is -2.94. The van der Waals surface area contributed by atoms with E-state index in [1.54, 1.807) is 32.2 Å². The van der Waals surface area contributed by atoms with Gasteiger partial charge in [-0.2, -0.15) is 8.78 Å². The van der Waals surface area contributed by atoms with Gasteiger partial charge in [-0.05, 0) is 37.6 Å². The van der Waals surface area contributed by atoms with E-state index in [4.69, 9.17) is 9.47 Å². The summed E-state index contributed by atoms with van der Waals surface area (Å²) < 4.78 is 41.3. The first-order chi connectivity index (χ1) is 14.1. The lowest BCUT2D eigenvalue weighted by Gasteiger charge is -2.17. The quantitative estimate of drug-likeness (QED) is 0.265. The molecule has 30 heavy (non-hydrogen) atoms. The summed E-state index contributed by atoms with van der Waals surface area (Å²) in [6, 6.07) is 12.8. The Hall–Kier alpha value is -2.30. The van der Waals surface area contributed by atoms with Gasteiger partial charge in [0.2, 0.25) is 0 Å². The summed E-state index contributed by atoms with van der Waals surface area (Å²) in [6.07, 6.45) is 0. The highest BCUT2D eigenvalue weighted by molar-refractivity contribution is 14.0. The van der Waals surface area contributed by atoms with Crippen molar-refractivity contribution in [3.63, 3.8) is 0 Å². The van der Waals surface area contributed by atoms with E-state index < -0.39 is 6.61 Å². The molecule has 0 heterocycles. The van der Waals surface area contributed by atoms with Crippen LogP contribution in [0.4, 0.5) is 8.78 Å². The number of halogens is 3. The number of hydrogen-bond donors (Lipinski definition) is 2. The fourth-order valence-electron chi connectivity index (χ4n) is 2.69. The van der Waals surface area contributed by atoms with Crippen molar-refractivity contribution >= 4 is 29.9 Å². The van der Waals surface area contributed by atoms with Crippen LogP contribution in [0.15, 0.2) is 47.5 Å². The molecule has 0 aliphatic carbocycles. The third-order valence-electron chi connectivity index (χ3n) is 3.91. The Balaban J connectivity index is 0.00000450. The van der Waals surface area contributed by atoms with Crippen molar-refractivity contribution in [2.45, 2.75) is 33.5 Å². The van der Waals surface area contributed by atoms with Gasteiger partial charge in [-0.25, -0.2) is 0 Å². The lowest BCUT2D eigenvalue weighted by Crippen LogP contribution is -2.36. The van der Waals surface area contributed by atoms with Gasteiger partial charge in [0.05, 0.1) is 13.2 Å². The number of nitrogens with zero attached hydrogens (tertiary/aromatic N) is 1. The molecule has 9 heteroatoms. The average molecular weight is 535 g/mol. The van der Waals surface area contributed by atoms with Crippen LogP contribution in [-0.2, 0) is 13.1 Å². The lowest BCUT2D eigenvalue weighted by molar-refractivity contribution is -0.0520. The Labute approximate surface area is 193 Å². The normalized spacial score (nSPS) is 10.9. The van der Waals surface area contributed by atoms with E-state index in [9.17, 15) is 8.78 Å². The van der Waals surface area contributed by atoms with Gasteiger partial charge in [0.25, 0.3) is 0 Å². The molecule has 0 amide bonds. The standard InChI is InChI=1S/C21H27F2N3O3.HI/c1-4-27-17-10-6-8-15(12-17)13-25-21(24-3)26-14-16-9-7-11-18(28-5-2)19(16)29-20(22)23;/h6-12,20H,4-5,13-14H2,1-3H3,(H2,24,25,26);1H. The van der Waals surface area contributed by atoms with Crippen molar-refractivity contribution in [2.24, 2.45) is 4.99 Å². The largest absolute Gasteiger partial charge is 0.494 e. The van der Waals surface area contributed by atoms with Crippen molar-refractivity contribution in [2.75, 3.05) is 20.3 Å². The molecule has 2 rings (SSSR count). The van der Waals surface area contributed by atoms with Gasteiger partial charge in [0.1, 0.15) is 5.75 Å². The second kappa shape index (κ2) is 13.8. The molecule has 0 fully saturated rings. The minimum Gasteiger partial charge on any atom is -0.494 e. The summed E-state index contributed by atoms with van der Waals surface area (Å²) in [5.74, 6) is 1.63. The van der Waals surface area contributed by atoms with Crippen LogP contribution < -0.4 is 24.8 Å². The van der Waals surface area contributed by atoms with E-state index in [0.717, 1.165) is 11.3 Å². The van der Waals surface area contributed by atoms with Crippen LogP contribution >= 0.6 is 24.0 Å². The Bertz CT molecular complexity index is 807. The Morgan fingerprint density at radius 1 is 1.00 bits per heavy atom. The van der Waals surface area contributed by atoms with E-state index in [1.807, 2.05) is 31.2 Å². The molecule has 0 saturated carbocycles. The SMILES string of the molecule is CCOc1cccc(CNC(=NC)NCc2cccc(OCC)c2OC(F)F)c1.I. The van der Waals surface area contributed by atoms with Gasteiger partial charge in [-0.1, -0.05) is 24.3 Å². The third-order valence-corrected chi connectivity index (χ3v) is 3.91. The fourth-order valence-corrected chi connectivity index (χ4v) is 2.69. The topological polar surface area (TPSA) is 64.1 Å². The van der Waals surface area contributed by atoms with Crippen LogP contribution in [0.3, 0.4) is 0 Å². The predicted molar refractivity (Wildman–Crippen MR) is 124 cm³/mol. The van der Waals surface area contributed by atoms with E-state index >= 15 is 0 Å². The summed E-state index contributed by atoms with van der Waals surface area (Å²) in [5, 5.41) is 6.29. The average Bonchev–Trinajstić information content (AvgIpc) is 2.70. The molecule has 0 saturated heterocycles. The zero-order chi connectivity index (χ0) is 21.1. The number of ether oxygens (including phenoxy) is 3. The highest BCUT2D eigenvalue weighted by Crippen LogP contribution is 2.32. The van der Waals surface area contributed by atoms with Crippen molar-refractivity contribution in [3.05, 3.63) is 53.6 Å². The number of para-hydroxylation sites is 1. The Morgan fingerprint density at radius 3 is 2.37 bits per heavy atom. The molecule has 2 aromatic carbocycles. The smallest absolute Gasteiger partial charge is 0.387 e. The highest BCUT2D eigenvalue weighted by Gasteiger charge is 2.16. The van der Waals surface area contributed by atoms with E-state index in [2.05, 4.69) is 20.4 Å². The van der Waals surface area contributed by atoms with Crippen molar-refractivity contribution in [3.8, 4) is 17.2 Å². The van der Waals surface area contributed by atoms with Gasteiger partial charge in [-0.3, -0.25) is 4.99 Å². The second-order valence-corrected chi connectivity index (χ2v) is 5.92. The van der Waals surface area contributed by atoms with E-state index in [1.165, 1.54) is 0 Å². The molecule has 0 bridgehead atoms. The number of benzene rings is 2. The number of alkyl halides is 2. The van der Waals surface area contributed by atoms with Gasteiger partial charge in [0.15, 0.2) is 17.5 Å². The molecule has 2 aromatic rings. The maximum Gasteiger partial charge on any atom is 0.387 e. The lowest BCUT2D eigenvalue weighted by atomic mass is 10.2. The highest BCUT2D eigenvalue weighted by atomic mass is 127. The van der Waals surface area contributed by atoms with Crippen LogP contribution in [0.25, 0.3) is 0 Å². The Kier molecular flexibility index (Phi) is 11.9. The number of rotatable bonds is 10. The molecule has 0 spiro atoms. The van der Waals surface area contributed by atoms with Gasteiger partial charge in [0, 0.05) is 25.7 Å². The molecular weight excluding hydrogens is 507 g/mol. The van der Waals surface area contributed by atoms with Crippen LogP contribution in [0, 0.1) is 0 Å². The molecule has 0 radical (unpaired) electrons. The van der Waals surface area contributed by atoms with Crippen LogP contribution in [0.5, 0.6) is 17.2 Å². The molecular formula is C21H28F2IN3O3. The van der Waals surface area contributed by atoms with Crippen LogP contribution in [0.1, 0.15) is 25.0 Å². The molecule has 0 unspecified atom stereocenters. The van der Waals surface area contributed by atoms with Crippen LogP contribution in [0.2, 0.25) is 0 Å². The first-order valence-corrected chi connectivity index (χ1v) is 9.43. The summed E-state index contributed by atoms with van der Waals surface area (Å²) >= 11 is 0. The maximum atomic E-state index is 12.8. The van der Waals surface area contributed by atoms with Crippen molar-refractivity contribution < 1.29 is 23.0 Å². The molecule has 0 atom stereocenters. The molecule has 0 aromatic heterocycles. The number of guanidine groups is 1. The summed E-state index contributed by atoms with van der Waals surface area (Å²) in [7, 11) is 1.64. The fraction of sp³-hybridized carbons (Fsp3) is 0.381. The number of nitrogens with one attached hydrogen (secondary N) is 2. The summed E-state index contributed by atoms with van der Waals surface area (Å²) in [5.41, 5.74) is 1.57. The van der Waals surface area contributed by atoms with E-state index in [0.29, 0.717) is 31.3 Å². The Morgan fingerprint density at radius 2 is 1.70 bits per heavy atom. The summed E-state index contributed by atoms with van der Waals surface area (Å²) in [6.45, 7) is 2.49. The zero-order valence-corrected chi connectivity index (χ0v) is 19.6. The molecule has 0 aliphatic rings. The zero-order valence-electron chi connectivity index (χ0n) is 17.3. The van der Waals surface area contributed by atoms with Gasteiger partial charge >= 0.3 is 6.61 Å². The number of aliphatic imine (C=N–C) groups is 1.